The Hall–Kier alpha value is -2.84. The fourth-order valence-corrected chi connectivity index (χ4v) is 2.98. The number of hydrogen-bond donors (Lipinski definition) is 1. The van der Waals surface area contributed by atoms with E-state index in [1.54, 1.807) is 27.7 Å². The topological polar surface area (TPSA) is 117 Å². The number of dihydropyridines is 1. The molecule has 2 aliphatic rings. The molecule has 9 nitrogen and oxygen atoms in total. The van der Waals surface area contributed by atoms with Gasteiger partial charge >= 0.3 is 23.9 Å². The second-order valence-electron chi connectivity index (χ2n) is 5.96. The van der Waals surface area contributed by atoms with Crippen molar-refractivity contribution in [2.45, 2.75) is 40.2 Å². The zero-order valence-electron chi connectivity index (χ0n) is 15.7. The van der Waals surface area contributed by atoms with Gasteiger partial charge < -0.3 is 24.3 Å². The van der Waals surface area contributed by atoms with Gasteiger partial charge in [0, 0.05) is 17.8 Å². The van der Waals surface area contributed by atoms with E-state index in [1.807, 2.05) is 0 Å². The van der Waals surface area contributed by atoms with Crippen molar-refractivity contribution in [3.05, 3.63) is 22.5 Å². The van der Waals surface area contributed by atoms with Crippen LogP contribution in [0.2, 0.25) is 0 Å². The molecule has 1 atom stereocenters. The first-order valence-corrected chi connectivity index (χ1v) is 8.71. The Labute approximate surface area is 156 Å². The smallest absolute Gasteiger partial charge is 0.347 e. The number of carbonyl (C=O) groups is 4. The maximum Gasteiger partial charge on any atom is 0.347 e. The Morgan fingerprint density at radius 1 is 1.04 bits per heavy atom. The molecule has 148 valence electrons. The van der Waals surface area contributed by atoms with Gasteiger partial charge in [-0.1, -0.05) is 0 Å². The molecule has 0 aliphatic carbocycles. The number of cyclic esters (lactones) is 1. The fourth-order valence-electron chi connectivity index (χ4n) is 2.98. The van der Waals surface area contributed by atoms with Crippen LogP contribution in [0.1, 0.15) is 34.1 Å². The molecule has 0 aromatic rings. The van der Waals surface area contributed by atoms with Crippen LogP contribution in [-0.4, -0.2) is 49.8 Å². The van der Waals surface area contributed by atoms with E-state index >= 15 is 0 Å². The minimum atomic E-state index is -1.36. The first kappa shape index (κ1) is 20.5. The summed E-state index contributed by atoms with van der Waals surface area (Å²) in [4.78, 5) is 49.5. The molecule has 0 aromatic carbocycles. The van der Waals surface area contributed by atoms with Crippen molar-refractivity contribution in [3.8, 4) is 0 Å². The number of ether oxygens (including phenoxy) is 4. The average molecular weight is 381 g/mol. The molecular weight excluding hydrogens is 358 g/mol. The lowest BCUT2D eigenvalue weighted by Gasteiger charge is -2.29. The molecule has 0 radical (unpaired) electrons. The standard InChI is InChI=1S/C18H23NO8/c1-5-24-16(21)12-9(3)19-10(4)13(17(22)25-6-2)14(12)18(23)27-11-7-8-26-15(11)20/h11,14,19H,5-8H2,1-4H3/t11-/m0/s1. The van der Waals surface area contributed by atoms with Crippen molar-refractivity contribution in [1.29, 1.82) is 0 Å². The van der Waals surface area contributed by atoms with Gasteiger partial charge in [-0.3, -0.25) is 4.79 Å². The van der Waals surface area contributed by atoms with Gasteiger partial charge in [-0.2, -0.15) is 0 Å². The maximum absolute atomic E-state index is 12.9. The number of esters is 4. The van der Waals surface area contributed by atoms with Gasteiger partial charge in [0.2, 0.25) is 6.10 Å². The molecule has 2 rings (SSSR count). The minimum Gasteiger partial charge on any atom is -0.463 e. The number of rotatable bonds is 6. The van der Waals surface area contributed by atoms with Crippen molar-refractivity contribution < 1.29 is 38.1 Å². The van der Waals surface area contributed by atoms with Crippen LogP contribution in [0.3, 0.4) is 0 Å². The van der Waals surface area contributed by atoms with Crippen LogP contribution in [0.25, 0.3) is 0 Å². The number of carbonyl (C=O) groups excluding carboxylic acids is 4. The third kappa shape index (κ3) is 4.29. The molecule has 1 fully saturated rings. The molecule has 9 heteroatoms. The highest BCUT2D eigenvalue weighted by atomic mass is 16.6. The van der Waals surface area contributed by atoms with Crippen molar-refractivity contribution in [2.75, 3.05) is 19.8 Å². The Morgan fingerprint density at radius 2 is 1.56 bits per heavy atom. The molecule has 0 bridgehead atoms. The summed E-state index contributed by atoms with van der Waals surface area (Å²) in [6.07, 6.45) is -0.857. The zero-order valence-corrected chi connectivity index (χ0v) is 15.7. The Bertz CT molecular complexity index is 681. The van der Waals surface area contributed by atoms with Crippen LogP contribution >= 0.6 is 0 Å². The van der Waals surface area contributed by atoms with E-state index in [0.29, 0.717) is 11.4 Å². The van der Waals surface area contributed by atoms with E-state index in [9.17, 15) is 19.2 Å². The predicted octanol–water partition coefficient (Wildman–Crippen LogP) is 0.739. The molecule has 2 heterocycles. The van der Waals surface area contributed by atoms with Crippen LogP contribution in [0.4, 0.5) is 0 Å². The highest BCUT2D eigenvalue weighted by Gasteiger charge is 2.44. The number of nitrogens with one attached hydrogen (secondary N) is 1. The van der Waals surface area contributed by atoms with Crippen LogP contribution in [-0.2, 0) is 38.1 Å². The van der Waals surface area contributed by atoms with Gasteiger partial charge in [0.15, 0.2) is 0 Å². The van der Waals surface area contributed by atoms with E-state index < -0.39 is 35.9 Å². The van der Waals surface area contributed by atoms with Gasteiger partial charge in [-0.15, -0.1) is 0 Å². The minimum absolute atomic E-state index is 0.0538. The number of hydrogen-bond acceptors (Lipinski definition) is 9. The van der Waals surface area contributed by atoms with Gasteiger partial charge in [-0.05, 0) is 27.7 Å². The van der Waals surface area contributed by atoms with Crippen LogP contribution < -0.4 is 5.32 Å². The second-order valence-corrected chi connectivity index (χ2v) is 5.96. The molecule has 1 saturated heterocycles. The van der Waals surface area contributed by atoms with Gasteiger partial charge in [0.25, 0.3) is 0 Å². The molecule has 0 aromatic heterocycles. The highest BCUT2D eigenvalue weighted by Crippen LogP contribution is 2.33. The summed E-state index contributed by atoms with van der Waals surface area (Å²) in [5.41, 5.74) is 0.605. The van der Waals surface area contributed by atoms with Crippen LogP contribution in [0, 0.1) is 5.92 Å². The molecular formula is C18H23NO8. The normalized spacial score (nSPS) is 20.1. The second kappa shape index (κ2) is 8.70. The molecule has 0 unspecified atom stereocenters. The molecule has 1 N–H and O–H groups in total. The third-order valence-corrected chi connectivity index (χ3v) is 4.13. The quantitative estimate of drug-likeness (QED) is 0.525. The van der Waals surface area contributed by atoms with E-state index in [-0.39, 0.29) is 37.4 Å². The summed E-state index contributed by atoms with van der Waals surface area (Å²) in [6, 6.07) is 0. The lowest BCUT2D eigenvalue weighted by atomic mass is 9.85. The summed E-state index contributed by atoms with van der Waals surface area (Å²) in [5, 5.41) is 2.90. The van der Waals surface area contributed by atoms with Gasteiger partial charge in [0.1, 0.15) is 5.92 Å². The summed E-state index contributed by atoms with van der Waals surface area (Å²) in [5.74, 6) is -4.45. The summed E-state index contributed by atoms with van der Waals surface area (Å²) < 4.78 is 20.1. The van der Waals surface area contributed by atoms with E-state index in [4.69, 9.17) is 18.9 Å². The molecule has 0 amide bonds. The van der Waals surface area contributed by atoms with Crippen LogP contribution in [0.15, 0.2) is 22.5 Å². The fraction of sp³-hybridized carbons (Fsp3) is 0.556. The largest absolute Gasteiger partial charge is 0.463 e. The first-order valence-electron chi connectivity index (χ1n) is 8.71. The summed E-state index contributed by atoms with van der Waals surface area (Å²) in [7, 11) is 0. The summed E-state index contributed by atoms with van der Waals surface area (Å²) in [6.45, 7) is 6.73. The van der Waals surface area contributed by atoms with E-state index in [1.165, 1.54) is 0 Å². The maximum atomic E-state index is 12.9. The average Bonchev–Trinajstić information content (AvgIpc) is 2.99. The Morgan fingerprint density at radius 3 is 1.96 bits per heavy atom. The first-order chi connectivity index (χ1) is 12.8. The summed E-state index contributed by atoms with van der Waals surface area (Å²) >= 11 is 0. The third-order valence-electron chi connectivity index (χ3n) is 4.13. The molecule has 0 saturated carbocycles. The Balaban J connectivity index is 2.44. The van der Waals surface area contributed by atoms with E-state index in [2.05, 4.69) is 5.32 Å². The Kier molecular flexibility index (Phi) is 6.59. The molecule has 0 spiro atoms. The molecule has 2 aliphatic heterocycles. The van der Waals surface area contributed by atoms with Crippen LogP contribution in [0.5, 0.6) is 0 Å². The van der Waals surface area contributed by atoms with Crippen molar-refractivity contribution in [2.24, 2.45) is 5.92 Å². The van der Waals surface area contributed by atoms with Crippen molar-refractivity contribution in [3.63, 3.8) is 0 Å². The lowest BCUT2D eigenvalue weighted by Crippen LogP contribution is -2.39. The van der Waals surface area contributed by atoms with E-state index in [0.717, 1.165) is 0 Å². The SMILES string of the molecule is CCOC(=O)C1=C(C)NC(C)=C(C(=O)OCC)C1C(=O)O[C@H]1CCOC1=O. The highest BCUT2D eigenvalue weighted by molar-refractivity contribution is 6.06. The van der Waals surface area contributed by atoms with Crippen molar-refractivity contribution >= 4 is 23.9 Å². The van der Waals surface area contributed by atoms with Gasteiger partial charge in [0.05, 0.1) is 31.0 Å². The lowest BCUT2D eigenvalue weighted by molar-refractivity contribution is -0.163. The monoisotopic (exact) mass is 381 g/mol. The molecule has 27 heavy (non-hydrogen) atoms. The number of allylic oxidation sites excluding steroid dienone is 2. The predicted molar refractivity (Wildman–Crippen MR) is 90.7 cm³/mol. The van der Waals surface area contributed by atoms with Crippen molar-refractivity contribution in [1.82, 2.24) is 5.32 Å². The zero-order chi connectivity index (χ0) is 20.1. The van der Waals surface area contributed by atoms with Gasteiger partial charge in [-0.25, -0.2) is 14.4 Å².